The largest absolute Gasteiger partial charge is 0.361 e. The Hall–Kier alpha value is -1.74. The molecule has 0 saturated carbocycles. The normalized spacial score (nSPS) is 13.6. The second kappa shape index (κ2) is 7.22. The Balaban J connectivity index is 2.62. The number of carbonyl (C=O) groups is 1. The molecule has 0 amide bonds. The Kier molecular flexibility index (Phi) is 5.53. The molecule has 0 fully saturated rings. The lowest BCUT2D eigenvalue weighted by Crippen LogP contribution is -2.20. The third kappa shape index (κ3) is 3.45. The molecule has 0 aliphatic heterocycles. The molecule has 1 atom stereocenters. The monoisotopic (exact) mass is 332 g/mol. The van der Waals surface area contributed by atoms with E-state index in [2.05, 4.69) is 0 Å². The molecule has 0 aliphatic rings. The molecule has 0 bridgehead atoms. The first-order valence-electron chi connectivity index (χ1n) is 7.45. The van der Waals surface area contributed by atoms with Gasteiger partial charge in [0.1, 0.15) is 0 Å². The van der Waals surface area contributed by atoms with Gasteiger partial charge in [0.15, 0.2) is 5.78 Å². The SMILES string of the molecule is CCOP(=O)(OC)c1ccccc1C(=O)c1c(C)cccc1C. The first kappa shape index (κ1) is 17.6. The van der Waals surface area contributed by atoms with E-state index in [1.165, 1.54) is 7.11 Å². The van der Waals surface area contributed by atoms with Gasteiger partial charge in [-0.1, -0.05) is 36.4 Å². The molecule has 5 heteroatoms. The molecule has 1 unspecified atom stereocenters. The van der Waals surface area contributed by atoms with E-state index in [9.17, 15) is 9.36 Å². The van der Waals surface area contributed by atoms with Crippen LogP contribution < -0.4 is 5.30 Å². The summed E-state index contributed by atoms with van der Waals surface area (Å²) in [6, 6.07) is 12.4. The molecule has 0 spiro atoms. The minimum atomic E-state index is -3.52. The van der Waals surface area contributed by atoms with Gasteiger partial charge in [-0.3, -0.25) is 9.36 Å². The van der Waals surface area contributed by atoms with Crippen LogP contribution >= 0.6 is 7.60 Å². The van der Waals surface area contributed by atoms with Crippen LogP contribution in [-0.2, 0) is 13.6 Å². The van der Waals surface area contributed by atoms with Crippen LogP contribution in [0.2, 0.25) is 0 Å². The summed E-state index contributed by atoms with van der Waals surface area (Å²) in [5.74, 6) is -0.173. The van der Waals surface area contributed by atoms with Crippen LogP contribution in [0.3, 0.4) is 0 Å². The van der Waals surface area contributed by atoms with Crippen LogP contribution in [0.5, 0.6) is 0 Å². The van der Waals surface area contributed by atoms with Gasteiger partial charge in [-0.2, -0.15) is 0 Å². The lowest BCUT2D eigenvalue weighted by atomic mass is 9.95. The van der Waals surface area contributed by atoms with Crippen molar-refractivity contribution in [2.45, 2.75) is 20.8 Å². The van der Waals surface area contributed by atoms with Crippen LogP contribution in [0, 0.1) is 13.8 Å². The van der Waals surface area contributed by atoms with Gasteiger partial charge in [0.05, 0.1) is 11.9 Å². The molecule has 122 valence electrons. The highest BCUT2D eigenvalue weighted by Gasteiger charge is 2.31. The number of benzene rings is 2. The Morgan fingerprint density at radius 1 is 1.04 bits per heavy atom. The van der Waals surface area contributed by atoms with Crippen molar-refractivity contribution in [1.82, 2.24) is 0 Å². The predicted molar refractivity (Wildman–Crippen MR) is 91.7 cm³/mol. The number of ketones is 1. The Morgan fingerprint density at radius 3 is 2.22 bits per heavy atom. The van der Waals surface area contributed by atoms with Crippen molar-refractivity contribution >= 4 is 18.7 Å². The van der Waals surface area contributed by atoms with E-state index in [-0.39, 0.29) is 12.4 Å². The molecule has 2 rings (SSSR count). The minimum absolute atomic E-state index is 0.173. The summed E-state index contributed by atoms with van der Waals surface area (Å²) in [6.07, 6.45) is 0. The van der Waals surface area contributed by atoms with Crippen LogP contribution in [0.25, 0.3) is 0 Å². The number of carbonyl (C=O) groups excluding carboxylic acids is 1. The molecule has 2 aromatic carbocycles. The van der Waals surface area contributed by atoms with Crippen molar-refractivity contribution < 1.29 is 18.4 Å². The maximum absolute atomic E-state index is 13.0. The summed E-state index contributed by atoms with van der Waals surface area (Å²) in [7, 11) is -2.19. The molecule has 0 aromatic heterocycles. The summed E-state index contributed by atoms with van der Waals surface area (Å²) < 4.78 is 23.4. The lowest BCUT2D eigenvalue weighted by molar-refractivity contribution is 0.103. The zero-order chi connectivity index (χ0) is 17.0. The summed E-state index contributed by atoms with van der Waals surface area (Å²) >= 11 is 0. The standard InChI is InChI=1S/C18H21O4P/c1-5-22-23(20,21-4)16-12-7-6-11-15(16)18(19)17-13(2)9-8-10-14(17)3/h6-12H,5H2,1-4H3. The van der Waals surface area contributed by atoms with Crippen LogP contribution in [-0.4, -0.2) is 19.5 Å². The topological polar surface area (TPSA) is 52.6 Å². The maximum atomic E-state index is 13.0. The maximum Gasteiger partial charge on any atom is 0.361 e. The van der Waals surface area contributed by atoms with Crippen LogP contribution in [0.1, 0.15) is 34.0 Å². The molecule has 0 radical (unpaired) electrons. The molecular weight excluding hydrogens is 311 g/mol. The van der Waals surface area contributed by atoms with Gasteiger partial charge < -0.3 is 9.05 Å². The van der Waals surface area contributed by atoms with Crippen molar-refractivity contribution in [3.63, 3.8) is 0 Å². The second-order valence-electron chi connectivity index (χ2n) is 5.21. The van der Waals surface area contributed by atoms with E-state index < -0.39 is 7.60 Å². The smallest absolute Gasteiger partial charge is 0.309 e. The van der Waals surface area contributed by atoms with E-state index in [1.807, 2.05) is 32.0 Å². The fraction of sp³-hybridized carbons (Fsp3) is 0.278. The van der Waals surface area contributed by atoms with Crippen LogP contribution in [0.4, 0.5) is 0 Å². The lowest BCUT2D eigenvalue weighted by Gasteiger charge is -2.19. The van der Waals surface area contributed by atoms with Gasteiger partial charge in [0, 0.05) is 18.2 Å². The Bertz CT molecular complexity index is 747. The fourth-order valence-electron chi connectivity index (χ4n) is 2.60. The molecule has 23 heavy (non-hydrogen) atoms. The Morgan fingerprint density at radius 2 is 1.65 bits per heavy atom. The molecule has 0 saturated heterocycles. The van der Waals surface area contributed by atoms with E-state index >= 15 is 0 Å². The molecule has 0 aliphatic carbocycles. The zero-order valence-corrected chi connectivity index (χ0v) is 14.7. The number of rotatable bonds is 6. The van der Waals surface area contributed by atoms with E-state index in [1.54, 1.807) is 31.2 Å². The minimum Gasteiger partial charge on any atom is -0.309 e. The quantitative estimate of drug-likeness (QED) is 0.592. The highest BCUT2D eigenvalue weighted by atomic mass is 31.2. The molecule has 4 nitrogen and oxygen atoms in total. The predicted octanol–water partition coefficient (Wildman–Crippen LogP) is 4.04. The van der Waals surface area contributed by atoms with Gasteiger partial charge in [0.2, 0.25) is 0 Å². The number of hydrogen-bond donors (Lipinski definition) is 0. The third-order valence-corrected chi connectivity index (χ3v) is 5.75. The number of hydrogen-bond acceptors (Lipinski definition) is 4. The van der Waals surface area contributed by atoms with Gasteiger partial charge in [0.25, 0.3) is 0 Å². The third-order valence-electron chi connectivity index (χ3n) is 3.69. The van der Waals surface area contributed by atoms with Crippen molar-refractivity contribution in [3.05, 3.63) is 64.7 Å². The van der Waals surface area contributed by atoms with Crippen molar-refractivity contribution in [2.75, 3.05) is 13.7 Å². The van der Waals surface area contributed by atoms with Crippen molar-refractivity contribution in [2.24, 2.45) is 0 Å². The number of aryl methyl sites for hydroxylation is 2. The molecule has 2 aromatic rings. The summed E-state index contributed by atoms with van der Waals surface area (Å²) in [6.45, 7) is 5.75. The van der Waals surface area contributed by atoms with E-state index in [0.29, 0.717) is 16.4 Å². The van der Waals surface area contributed by atoms with Gasteiger partial charge in [-0.05, 0) is 38.0 Å². The second-order valence-corrected chi connectivity index (χ2v) is 7.31. The van der Waals surface area contributed by atoms with Crippen molar-refractivity contribution in [3.8, 4) is 0 Å². The molecule has 0 N–H and O–H groups in total. The van der Waals surface area contributed by atoms with Crippen LogP contribution in [0.15, 0.2) is 42.5 Å². The van der Waals surface area contributed by atoms with E-state index in [0.717, 1.165) is 11.1 Å². The highest BCUT2D eigenvalue weighted by molar-refractivity contribution is 7.62. The molecule has 0 heterocycles. The fourth-order valence-corrected chi connectivity index (χ4v) is 4.12. The highest BCUT2D eigenvalue weighted by Crippen LogP contribution is 2.47. The Labute approximate surface area is 137 Å². The molecular formula is C18H21O4P. The van der Waals surface area contributed by atoms with Gasteiger partial charge in [-0.25, -0.2) is 0 Å². The van der Waals surface area contributed by atoms with Gasteiger partial charge >= 0.3 is 7.60 Å². The average Bonchev–Trinajstić information content (AvgIpc) is 2.54. The van der Waals surface area contributed by atoms with Crippen molar-refractivity contribution in [1.29, 1.82) is 0 Å². The zero-order valence-electron chi connectivity index (χ0n) is 13.8. The summed E-state index contributed by atoms with van der Waals surface area (Å²) in [4.78, 5) is 13.0. The summed E-state index contributed by atoms with van der Waals surface area (Å²) in [5.41, 5.74) is 2.74. The average molecular weight is 332 g/mol. The first-order chi connectivity index (χ1) is 10.9. The van der Waals surface area contributed by atoms with Gasteiger partial charge in [-0.15, -0.1) is 0 Å². The van der Waals surface area contributed by atoms with E-state index in [4.69, 9.17) is 9.05 Å². The first-order valence-corrected chi connectivity index (χ1v) is 8.99. The summed E-state index contributed by atoms with van der Waals surface area (Å²) in [5, 5.41) is 0.303.